The third kappa shape index (κ3) is 7.30. The molecule has 56 heavy (non-hydrogen) atoms. The van der Waals surface area contributed by atoms with Gasteiger partial charge >= 0.3 is 0 Å². The van der Waals surface area contributed by atoms with Crippen LogP contribution >= 0.6 is 12.0 Å². The number of nitrogens with two attached hydrogens (primary N) is 1. The monoisotopic (exact) mass is 763 g/mol. The molecule has 0 aliphatic rings. The van der Waals surface area contributed by atoms with E-state index in [-0.39, 0.29) is 17.2 Å². The summed E-state index contributed by atoms with van der Waals surface area (Å²) in [4.78, 5) is 1.76. The van der Waals surface area contributed by atoms with Crippen molar-refractivity contribution < 1.29 is 24.8 Å². The Morgan fingerprint density at radius 1 is 0.696 bits per heavy atom. The minimum atomic E-state index is -0.136. The Hall–Kier alpha value is -6.91. The number of aromatic hydroxyl groups is 2. The number of hydrogen-bond acceptors (Lipinski definition) is 14. The standard InChI is InChI=1S/C41H33N9O5S/c1-22-4-12-31-25(16-22)5-14-33-39(31)49-50(48-33)36-15-11-30(21-37(36)51)44-45-34-17-24(3)35(18-23(34)2)46-47-40-38(56-55-54-53)20-26-19-29(10-13-32(26)41(40)52)43-28-8-6-27(42)7-9-28/h4-21,43,51-53H,42H2,1-3H3. The van der Waals surface area contributed by atoms with Gasteiger partial charge in [-0.3, -0.25) is 0 Å². The summed E-state index contributed by atoms with van der Waals surface area (Å²) in [5, 5.41) is 68.5. The number of azo groups is 2. The van der Waals surface area contributed by atoms with Crippen LogP contribution in [0.1, 0.15) is 16.7 Å². The summed E-state index contributed by atoms with van der Waals surface area (Å²) >= 11 is 0.665. The van der Waals surface area contributed by atoms with Gasteiger partial charge in [-0.25, -0.2) is 5.26 Å². The molecule has 14 nitrogen and oxygen atoms in total. The first-order chi connectivity index (χ1) is 27.1. The number of hydrogen-bond donors (Lipinski definition) is 5. The third-order valence-corrected chi connectivity index (χ3v) is 9.77. The van der Waals surface area contributed by atoms with Gasteiger partial charge in [0.2, 0.25) is 0 Å². The van der Waals surface area contributed by atoms with Crippen LogP contribution < -0.4 is 11.1 Å². The number of phenols is 2. The number of rotatable bonds is 10. The zero-order chi connectivity index (χ0) is 38.9. The van der Waals surface area contributed by atoms with Crippen molar-refractivity contribution in [3.05, 3.63) is 126 Å². The van der Waals surface area contributed by atoms with Gasteiger partial charge in [0, 0.05) is 33.9 Å². The number of nitrogens with one attached hydrogen (secondary N) is 1. The van der Waals surface area contributed by atoms with Crippen molar-refractivity contribution in [1.82, 2.24) is 15.0 Å². The van der Waals surface area contributed by atoms with Gasteiger partial charge in [-0.2, -0.15) is 15.3 Å². The summed E-state index contributed by atoms with van der Waals surface area (Å²) in [6, 6.07) is 33.2. The van der Waals surface area contributed by atoms with Crippen molar-refractivity contribution in [2.24, 2.45) is 20.5 Å². The van der Waals surface area contributed by atoms with Crippen LogP contribution in [0.3, 0.4) is 0 Å². The molecule has 0 fully saturated rings. The molecule has 1 aromatic heterocycles. The first kappa shape index (κ1) is 36.1. The second-order valence-electron chi connectivity index (χ2n) is 13.1. The van der Waals surface area contributed by atoms with E-state index in [0.29, 0.717) is 56.1 Å². The second kappa shape index (κ2) is 15.1. The van der Waals surface area contributed by atoms with Gasteiger partial charge in [0.15, 0.2) is 5.75 Å². The first-order valence-electron chi connectivity index (χ1n) is 17.2. The van der Waals surface area contributed by atoms with Crippen LogP contribution in [-0.2, 0) is 9.37 Å². The summed E-state index contributed by atoms with van der Waals surface area (Å²) in [5.74, 6) is -0.185. The van der Waals surface area contributed by atoms with Crippen molar-refractivity contribution in [3.8, 4) is 17.2 Å². The molecule has 0 radical (unpaired) electrons. The summed E-state index contributed by atoms with van der Waals surface area (Å²) in [6.45, 7) is 5.77. The first-order valence-corrected chi connectivity index (χ1v) is 18.0. The molecule has 0 atom stereocenters. The molecule has 0 aliphatic carbocycles. The molecule has 0 saturated carbocycles. The fraction of sp³-hybridized carbons (Fsp3) is 0.0732. The number of nitrogen functional groups attached to an aromatic ring is 1. The fourth-order valence-electron chi connectivity index (χ4n) is 6.27. The molecular formula is C41H33N9O5S. The Morgan fingerprint density at radius 3 is 2.18 bits per heavy atom. The molecule has 278 valence electrons. The Balaban J connectivity index is 1.03. The van der Waals surface area contributed by atoms with Crippen LogP contribution in [0.15, 0.2) is 135 Å². The highest BCUT2D eigenvalue weighted by Crippen LogP contribution is 2.45. The van der Waals surface area contributed by atoms with Gasteiger partial charge in [0.1, 0.15) is 28.2 Å². The molecule has 0 spiro atoms. The molecule has 0 amide bonds. The van der Waals surface area contributed by atoms with Crippen molar-refractivity contribution in [2.75, 3.05) is 11.1 Å². The Labute approximate surface area is 323 Å². The summed E-state index contributed by atoms with van der Waals surface area (Å²) in [7, 11) is 0. The van der Waals surface area contributed by atoms with Crippen LogP contribution in [0.25, 0.3) is 38.3 Å². The molecular weight excluding hydrogens is 731 g/mol. The maximum Gasteiger partial charge on any atom is 0.152 e. The van der Waals surface area contributed by atoms with Gasteiger partial charge in [0.25, 0.3) is 0 Å². The van der Waals surface area contributed by atoms with Crippen LogP contribution in [0, 0.1) is 20.8 Å². The maximum atomic E-state index is 11.3. The van der Waals surface area contributed by atoms with E-state index in [1.807, 2.05) is 75.4 Å². The van der Waals surface area contributed by atoms with E-state index in [1.165, 1.54) is 10.9 Å². The lowest BCUT2D eigenvalue weighted by atomic mass is 10.1. The molecule has 6 N–H and O–H groups in total. The number of anilines is 3. The Bertz CT molecular complexity index is 2860. The third-order valence-electron chi connectivity index (χ3n) is 9.15. The number of aromatic nitrogens is 3. The van der Waals surface area contributed by atoms with E-state index >= 15 is 0 Å². The van der Waals surface area contributed by atoms with Gasteiger partial charge in [0.05, 0.1) is 34.0 Å². The Morgan fingerprint density at radius 2 is 1.43 bits per heavy atom. The van der Waals surface area contributed by atoms with Crippen molar-refractivity contribution in [2.45, 2.75) is 25.7 Å². The van der Waals surface area contributed by atoms with Gasteiger partial charge < -0.3 is 21.3 Å². The van der Waals surface area contributed by atoms with E-state index in [0.717, 1.165) is 49.9 Å². The number of fused-ring (bicyclic) bond motifs is 4. The predicted molar refractivity (Wildman–Crippen MR) is 217 cm³/mol. The van der Waals surface area contributed by atoms with Crippen LogP contribution in [-0.4, -0.2) is 30.5 Å². The number of aryl methyl sites for hydroxylation is 3. The summed E-state index contributed by atoms with van der Waals surface area (Å²) in [6.07, 6.45) is 0. The van der Waals surface area contributed by atoms with Crippen molar-refractivity contribution in [1.29, 1.82) is 0 Å². The van der Waals surface area contributed by atoms with Crippen LogP contribution in [0.2, 0.25) is 0 Å². The van der Waals surface area contributed by atoms with Gasteiger partial charge in [-0.05, 0) is 122 Å². The van der Waals surface area contributed by atoms with Crippen LogP contribution in [0.5, 0.6) is 11.5 Å². The highest BCUT2D eigenvalue weighted by Gasteiger charge is 2.17. The van der Waals surface area contributed by atoms with Gasteiger partial charge in [-0.1, -0.05) is 34.9 Å². The normalized spacial score (nSPS) is 11.9. The fourth-order valence-corrected chi connectivity index (χ4v) is 6.76. The average molecular weight is 764 g/mol. The molecule has 8 rings (SSSR count). The molecule has 0 bridgehead atoms. The lowest BCUT2D eigenvalue weighted by Gasteiger charge is -2.12. The van der Waals surface area contributed by atoms with Crippen molar-refractivity contribution in [3.63, 3.8) is 0 Å². The minimum Gasteiger partial charge on any atom is -0.506 e. The SMILES string of the molecule is Cc1ccc2c(ccc3nn(-c4ccc(N=Nc5cc(C)c(N=Nc6c(SOOO)cc7cc(Nc8ccc(N)cc8)ccc7c6O)cc5C)cc4O)nc32)c1. The summed E-state index contributed by atoms with van der Waals surface area (Å²) in [5.41, 5.74) is 14.3. The van der Waals surface area contributed by atoms with E-state index in [1.54, 1.807) is 42.5 Å². The smallest absolute Gasteiger partial charge is 0.152 e. The number of nitrogens with zero attached hydrogens (tertiary/aromatic N) is 7. The molecule has 8 aromatic rings. The number of benzene rings is 7. The quantitative estimate of drug-likeness (QED) is 0.0294. The molecule has 15 heteroatoms. The predicted octanol–water partition coefficient (Wildman–Crippen LogP) is 11.6. The maximum absolute atomic E-state index is 11.3. The molecule has 1 heterocycles. The largest absolute Gasteiger partial charge is 0.506 e. The number of phenolic OH excluding ortho intramolecular Hbond substituents is 2. The summed E-state index contributed by atoms with van der Waals surface area (Å²) < 4.78 is 4.73. The molecule has 0 saturated heterocycles. The highest BCUT2D eigenvalue weighted by atomic mass is 32.2. The van der Waals surface area contributed by atoms with E-state index < -0.39 is 0 Å². The second-order valence-corrected chi connectivity index (χ2v) is 13.9. The van der Waals surface area contributed by atoms with E-state index in [9.17, 15) is 10.2 Å². The topological polar surface area (TPSA) is 197 Å². The van der Waals surface area contributed by atoms with E-state index in [2.05, 4.69) is 47.1 Å². The zero-order valence-corrected chi connectivity index (χ0v) is 31.0. The lowest BCUT2D eigenvalue weighted by molar-refractivity contribution is -0.432. The van der Waals surface area contributed by atoms with Gasteiger partial charge in [-0.15, -0.1) is 24.4 Å². The highest BCUT2D eigenvalue weighted by molar-refractivity contribution is 7.94. The van der Waals surface area contributed by atoms with E-state index in [4.69, 9.17) is 15.3 Å². The van der Waals surface area contributed by atoms with Crippen LogP contribution in [0.4, 0.5) is 39.8 Å². The molecule has 7 aromatic carbocycles. The average Bonchev–Trinajstić information content (AvgIpc) is 3.62. The minimum absolute atomic E-state index is 0.0498. The Kier molecular flexibility index (Phi) is 9.72. The molecule has 0 unspecified atom stereocenters. The van der Waals surface area contributed by atoms with Crippen molar-refractivity contribution >= 4 is 84.4 Å². The molecule has 0 aliphatic heterocycles. The zero-order valence-electron chi connectivity index (χ0n) is 30.2. The lowest BCUT2D eigenvalue weighted by Crippen LogP contribution is -1.98.